The highest BCUT2D eigenvalue weighted by molar-refractivity contribution is 4.92. The van der Waals surface area contributed by atoms with Gasteiger partial charge in [0.15, 0.2) is 6.29 Å². The zero-order valence-corrected chi connectivity index (χ0v) is 11.6. The maximum Gasteiger partial charge on any atom is 0.157 e. The van der Waals surface area contributed by atoms with Crippen molar-refractivity contribution in [2.24, 2.45) is 5.92 Å². The van der Waals surface area contributed by atoms with Crippen molar-refractivity contribution in [2.45, 2.75) is 60.2 Å². The van der Waals surface area contributed by atoms with Crippen LogP contribution in [0.5, 0.6) is 0 Å². The lowest BCUT2D eigenvalue weighted by Crippen LogP contribution is -2.20. The molecule has 0 spiro atoms. The van der Waals surface area contributed by atoms with E-state index in [-0.39, 0.29) is 6.29 Å². The lowest BCUT2D eigenvalue weighted by atomic mass is 10.0. The smallest absolute Gasteiger partial charge is 0.157 e. The monoisotopic (exact) mass is 228 g/mol. The van der Waals surface area contributed by atoms with Crippen LogP contribution in [-0.4, -0.2) is 19.5 Å². The Bertz CT molecular complexity index is 177. The Labute approximate surface area is 101 Å². The van der Waals surface area contributed by atoms with E-state index in [1.54, 1.807) is 0 Å². The van der Waals surface area contributed by atoms with E-state index in [0.29, 0.717) is 5.92 Å². The molecule has 0 bridgehead atoms. The fourth-order valence-corrected chi connectivity index (χ4v) is 1.66. The molecule has 0 rings (SSSR count). The van der Waals surface area contributed by atoms with Gasteiger partial charge in [0, 0.05) is 19.6 Å². The Morgan fingerprint density at radius 2 is 1.69 bits per heavy atom. The summed E-state index contributed by atoms with van der Waals surface area (Å²) in [6.45, 7) is 12.0. The fourth-order valence-electron chi connectivity index (χ4n) is 1.66. The van der Waals surface area contributed by atoms with Gasteiger partial charge in [-0.05, 0) is 46.5 Å². The largest absolute Gasteiger partial charge is 0.353 e. The van der Waals surface area contributed by atoms with Gasteiger partial charge in [0.1, 0.15) is 0 Å². The Morgan fingerprint density at radius 1 is 1.12 bits per heavy atom. The molecule has 0 aliphatic carbocycles. The Morgan fingerprint density at radius 3 is 2.12 bits per heavy atom. The molecular weight excluding hydrogens is 200 g/mol. The average molecular weight is 228 g/mol. The third-order valence-electron chi connectivity index (χ3n) is 2.51. The summed E-state index contributed by atoms with van der Waals surface area (Å²) in [5, 5.41) is 0. The molecule has 0 aliphatic rings. The molecular formula is C14H28O2. The molecule has 0 saturated carbocycles. The van der Waals surface area contributed by atoms with Gasteiger partial charge in [0.05, 0.1) is 0 Å². The predicted molar refractivity (Wildman–Crippen MR) is 69.5 cm³/mol. The number of hydrogen-bond donors (Lipinski definition) is 0. The quantitative estimate of drug-likeness (QED) is 0.436. The minimum Gasteiger partial charge on any atom is -0.353 e. The van der Waals surface area contributed by atoms with Gasteiger partial charge in [-0.25, -0.2) is 0 Å². The summed E-state index contributed by atoms with van der Waals surface area (Å²) >= 11 is 0. The lowest BCUT2D eigenvalue weighted by Gasteiger charge is -2.20. The van der Waals surface area contributed by atoms with Gasteiger partial charge >= 0.3 is 0 Å². The molecule has 0 unspecified atom stereocenters. The van der Waals surface area contributed by atoms with Gasteiger partial charge in [-0.2, -0.15) is 0 Å². The average Bonchev–Trinajstić information content (AvgIpc) is 2.17. The molecule has 2 heteroatoms. The van der Waals surface area contributed by atoms with Crippen LogP contribution < -0.4 is 0 Å². The van der Waals surface area contributed by atoms with E-state index in [1.807, 2.05) is 13.8 Å². The summed E-state index contributed by atoms with van der Waals surface area (Å²) in [5.41, 5.74) is 1.40. The van der Waals surface area contributed by atoms with Crippen molar-refractivity contribution in [3.63, 3.8) is 0 Å². The molecule has 0 fully saturated rings. The van der Waals surface area contributed by atoms with Gasteiger partial charge in [-0.15, -0.1) is 0 Å². The van der Waals surface area contributed by atoms with Crippen LogP contribution in [0, 0.1) is 5.92 Å². The maximum absolute atomic E-state index is 5.54. The first-order chi connectivity index (χ1) is 7.60. The topological polar surface area (TPSA) is 18.5 Å². The van der Waals surface area contributed by atoms with Gasteiger partial charge in [-0.3, -0.25) is 0 Å². The van der Waals surface area contributed by atoms with E-state index in [0.717, 1.165) is 26.1 Å². The lowest BCUT2D eigenvalue weighted by molar-refractivity contribution is -0.145. The van der Waals surface area contributed by atoms with Gasteiger partial charge in [0.2, 0.25) is 0 Å². The summed E-state index contributed by atoms with van der Waals surface area (Å²) in [4.78, 5) is 0. The number of ether oxygens (including phenoxy) is 2. The third-order valence-corrected chi connectivity index (χ3v) is 2.51. The maximum atomic E-state index is 5.54. The van der Waals surface area contributed by atoms with Crippen LogP contribution in [0.15, 0.2) is 11.6 Å². The highest BCUT2D eigenvalue weighted by atomic mass is 16.7. The minimum atomic E-state index is -0.0169. The third kappa shape index (κ3) is 8.93. The van der Waals surface area contributed by atoms with Crippen molar-refractivity contribution < 1.29 is 9.47 Å². The molecule has 0 saturated heterocycles. The molecule has 16 heavy (non-hydrogen) atoms. The predicted octanol–water partition coefficient (Wildman–Crippen LogP) is 4.16. The second-order valence-corrected chi connectivity index (χ2v) is 4.54. The first-order valence-corrected chi connectivity index (χ1v) is 6.46. The molecule has 0 aromatic carbocycles. The first kappa shape index (κ1) is 15.7. The van der Waals surface area contributed by atoms with E-state index in [2.05, 4.69) is 26.8 Å². The number of rotatable bonds is 9. The van der Waals surface area contributed by atoms with Crippen molar-refractivity contribution in [1.29, 1.82) is 0 Å². The highest BCUT2D eigenvalue weighted by Gasteiger charge is 2.12. The summed E-state index contributed by atoms with van der Waals surface area (Å²) in [7, 11) is 0. The van der Waals surface area contributed by atoms with Crippen LogP contribution in [0.2, 0.25) is 0 Å². The second kappa shape index (κ2) is 9.86. The second-order valence-electron chi connectivity index (χ2n) is 4.54. The molecule has 0 N–H and O–H groups in total. The van der Waals surface area contributed by atoms with Crippen LogP contribution in [0.1, 0.15) is 53.9 Å². The Hall–Kier alpha value is -0.340. The van der Waals surface area contributed by atoms with E-state index in [1.165, 1.54) is 12.0 Å². The molecule has 96 valence electrons. The minimum absolute atomic E-state index is 0.0169. The van der Waals surface area contributed by atoms with E-state index in [4.69, 9.17) is 9.47 Å². The number of allylic oxidation sites excluding steroid dienone is 2. The SMILES string of the molecule is CCOC(C[C@H](C)CCC=C(C)C)OCC. The van der Waals surface area contributed by atoms with Gasteiger partial charge in [0.25, 0.3) is 0 Å². The van der Waals surface area contributed by atoms with Gasteiger partial charge < -0.3 is 9.47 Å². The number of hydrogen-bond acceptors (Lipinski definition) is 2. The zero-order chi connectivity index (χ0) is 12.4. The zero-order valence-electron chi connectivity index (χ0n) is 11.6. The Kier molecular flexibility index (Phi) is 9.65. The van der Waals surface area contributed by atoms with Crippen molar-refractivity contribution in [3.8, 4) is 0 Å². The molecule has 0 aliphatic heterocycles. The van der Waals surface area contributed by atoms with Crippen LogP contribution in [0.3, 0.4) is 0 Å². The van der Waals surface area contributed by atoms with Gasteiger partial charge in [-0.1, -0.05) is 18.6 Å². The van der Waals surface area contributed by atoms with E-state index in [9.17, 15) is 0 Å². The standard InChI is InChI=1S/C14H28O2/c1-6-15-14(16-7-2)11-13(5)10-8-9-12(3)4/h9,13-14H,6-8,10-11H2,1-5H3/t13-/m1/s1. The summed E-state index contributed by atoms with van der Waals surface area (Å²) in [6.07, 6.45) is 5.65. The summed E-state index contributed by atoms with van der Waals surface area (Å²) < 4.78 is 11.1. The molecule has 0 aromatic rings. The molecule has 1 atom stereocenters. The van der Waals surface area contributed by atoms with Crippen molar-refractivity contribution in [2.75, 3.05) is 13.2 Å². The van der Waals surface area contributed by atoms with E-state index < -0.39 is 0 Å². The van der Waals surface area contributed by atoms with Crippen molar-refractivity contribution in [1.82, 2.24) is 0 Å². The summed E-state index contributed by atoms with van der Waals surface area (Å²) in [5.74, 6) is 0.652. The van der Waals surface area contributed by atoms with Crippen LogP contribution in [0.25, 0.3) is 0 Å². The normalized spacial score (nSPS) is 12.9. The van der Waals surface area contributed by atoms with Crippen molar-refractivity contribution in [3.05, 3.63) is 11.6 Å². The van der Waals surface area contributed by atoms with Crippen LogP contribution in [0.4, 0.5) is 0 Å². The summed E-state index contributed by atoms with van der Waals surface area (Å²) in [6, 6.07) is 0. The molecule has 0 aromatic heterocycles. The molecule has 2 nitrogen and oxygen atoms in total. The van der Waals surface area contributed by atoms with Crippen LogP contribution in [-0.2, 0) is 9.47 Å². The highest BCUT2D eigenvalue weighted by Crippen LogP contribution is 2.16. The first-order valence-electron chi connectivity index (χ1n) is 6.46. The van der Waals surface area contributed by atoms with Crippen LogP contribution >= 0.6 is 0 Å². The molecule has 0 heterocycles. The van der Waals surface area contributed by atoms with Crippen molar-refractivity contribution >= 4 is 0 Å². The fraction of sp³-hybridized carbons (Fsp3) is 0.857. The molecule has 0 radical (unpaired) electrons. The van der Waals surface area contributed by atoms with E-state index >= 15 is 0 Å². The molecule has 0 amide bonds. The Balaban J connectivity index is 3.80.